The highest BCUT2D eigenvalue weighted by Crippen LogP contribution is 2.42. The van der Waals surface area contributed by atoms with Crippen molar-refractivity contribution in [1.29, 1.82) is 0 Å². The van der Waals surface area contributed by atoms with Crippen LogP contribution in [0.15, 0.2) is 130 Å². The Morgan fingerprint density at radius 3 is 2.09 bits per heavy atom. The van der Waals surface area contributed by atoms with Crippen molar-refractivity contribution in [3.8, 4) is 23.0 Å². The van der Waals surface area contributed by atoms with E-state index in [2.05, 4.69) is 35.7 Å². The zero-order valence-corrected chi connectivity index (χ0v) is 40.9. The Hall–Kier alpha value is -7.10. The maximum atomic E-state index is 14.1. The summed E-state index contributed by atoms with van der Waals surface area (Å²) < 4.78 is 24.6. The van der Waals surface area contributed by atoms with Gasteiger partial charge in [-0.2, -0.15) is 0 Å². The molecule has 1 unspecified atom stereocenters. The average Bonchev–Trinajstić information content (AvgIpc) is 3.87. The number of nitrogens with one attached hydrogen (secondary N) is 1. The number of unbranched alkanes of at least 4 members (excludes halogenated alkanes) is 1. The summed E-state index contributed by atoms with van der Waals surface area (Å²) in [4.78, 5) is 57.9. The molecule has 0 aromatic heterocycles. The number of fused-ring (bicyclic) bond motifs is 8. The molecule has 0 saturated heterocycles. The van der Waals surface area contributed by atoms with Crippen molar-refractivity contribution in [2.75, 3.05) is 42.9 Å². The lowest BCUT2D eigenvalue weighted by Crippen LogP contribution is -2.37. The quantitative estimate of drug-likeness (QED) is 0.0329. The molecule has 4 aliphatic rings. The Kier molecular flexibility index (Phi) is 15.1. The van der Waals surface area contributed by atoms with Crippen LogP contribution in [-0.4, -0.2) is 82.1 Å². The third-order valence-electron chi connectivity index (χ3n) is 12.6. The van der Waals surface area contributed by atoms with E-state index in [1.165, 1.54) is 10.8 Å². The summed E-state index contributed by atoms with van der Waals surface area (Å²) in [5.74, 6) is 2.65. The number of para-hydroxylation sites is 2. The molecule has 0 bridgehead atoms. The minimum atomic E-state index is -0.184. The minimum absolute atomic E-state index is 0.00120. The SMILES string of the molecule is C=C/C=C(\N=C)SSCCNC(=O)CCCCOc1cc(CCc2cc3c(cc2OC)C(=O)N2c4ccccc4CC2C=N3)cc(COc2cc3c(cc2OC)C(=O)N2c4ccccc4C[C@H]2C=N3)c1. The molecule has 0 spiro atoms. The van der Waals surface area contributed by atoms with Crippen molar-refractivity contribution in [2.45, 2.75) is 63.6 Å². The molecule has 5 aromatic rings. The molecule has 5 aromatic carbocycles. The number of hydrogen-bond acceptors (Lipinski definition) is 12. The van der Waals surface area contributed by atoms with Crippen molar-refractivity contribution < 1.29 is 33.3 Å². The Balaban J connectivity index is 0.893. The van der Waals surface area contributed by atoms with Crippen LogP contribution >= 0.6 is 21.6 Å². The molecular formula is C55H54N6O7S2. The van der Waals surface area contributed by atoms with Gasteiger partial charge in [-0.1, -0.05) is 65.9 Å². The van der Waals surface area contributed by atoms with E-state index in [-0.39, 0.29) is 36.4 Å². The smallest absolute Gasteiger partial charge is 0.261 e. The van der Waals surface area contributed by atoms with Crippen LogP contribution in [0.2, 0.25) is 0 Å². The maximum Gasteiger partial charge on any atom is 0.261 e. The molecule has 9 rings (SSSR count). The van der Waals surface area contributed by atoms with E-state index in [0.717, 1.165) is 56.4 Å². The largest absolute Gasteiger partial charge is 0.496 e. The van der Waals surface area contributed by atoms with Crippen LogP contribution in [0, 0.1) is 0 Å². The second-order valence-electron chi connectivity index (χ2n) is 17.1. The summed E-state index contributed by atoms with van der Waals surface area (Å²) >= 11 is 0. The standard InChI is InChI=1S/C55H54N6O7S2/c1-5-12-53(56-2)70-69-22-20-57-52(62)17-10-11-21-67-42-24-35(18-19-39-28-45-43(29-49(39)65-3)54(63)60-40(32-58-45)26-37-13-6-8-15-47(37)60)23-36(25-42)34-68-51-31-46-44(30-50(51)66-4)55(64)61-41(33-59-46)27-38-14-7-9-16-48(38)61/h5-9,12-16,23-25,28-33,40-41H,1-2,10-11,17-22,26-27,34H2,3-4H3,(H,57,62)/b53-12+/t40?,41-/m0/s1. The predicted octanol–water partition coefficient (Wildman–Crippen LogP) is 10.4. The number of hydrogen-bond donors (Lipinski definition) is 1. The molecule has 0 aliphatic carbocycles. The van der Waals surface area contributed by atoms with Crippen LogP contribution in [0.4, 0.5) is 22.7 Å². The summed E-state index contributed by atoms with van der Waals surface area (Å²) in [6.45, 7) is 8.40. The zero-order valence-electron chi connectivity index (χ0n) is 39.2. The first-order valence-electron chi connectivity index (χ1n) is 23.3. The summed E-state index contributed by atoms with van der Waals surface area (Å²) in [6.07, 6.45) is 11.5. The number of aliphatic imine (C=N–C) groups is 3. The number of carbonyl (C=O) groups is 3. The topological polar surface area (TPSA) is 144 Å². The van der Waals surface area contributed by atoms with Crippen LogP contribution < -0.4 is 34.1 Å². The Labute approximate surface area is 416 Å². The van der Waals surface area contributed by atoms with Crippen LogP contribution in [0.25, 0.3) is 0 Å². The van der Waals surface area contributed by atoms with Gasteiger partial charge >= 0.3 is 0 Å². The van der Waals surface area contributed by atoms with Gasteiger partial charge in [-0.3, -0.25) is 39.2 Å². The summed E-state index contributed by atoms with van der Waals surface area (Å²) in [7, 11) is 6.27. The lowest BCUT2D eigenvalue weighted by molar-refractivity contribution is -0.121. The molecule has 70 heavy (non-hydrogen) atoms. The van der Waals surface area contributed by atoms with Crippen molar-refractivity contribution in [1.82, 2.24) is 5.32 Å². The van der Waals surface area contributed by atoms with Crippen LogP contribution in [0.3, 0.4) is 0 Å². The zero-order chi connectivity index (χ0) is 48.6. The number of aryl methyl sites for hydroxylation is 2. The maximum absolute atomic E-state index is 14.1. The first-order chi connectivity index (χ1) is 34.2. The molecule has 15 heteroatoms. The molecule has 0 radical (unpaired) electrons. The fraction of sp³-hybridized carbons (Fsp3) is 0.273. The van der Waals surface area contributed by atoms with Gasteiger partial charge in [-0.05, 0) is 120 Å². The molecule has 1 N–H and O–H groups in total. The molecule has 4 aliphatic heterocycles. The van der Waals surface area contributed by atoms with E-state index in [1.807, 2.05) is 89.0 Å². The summed E-state index contributed by atoms with van der Waals surface area (Å²) in [5.41, 5.74) is 8.90. The first-order valence-corrected chi connectivity index (χ1v) is 25.6. The number of nitrogens with zero attached hydrogens (tertiary/aromatic N) is 5. The van der Waals surface area contributed by atoms with Gasteiger partial charge in [0.25, 0.3) is 11.8 Å². The second kappa shape index (κ2) is 22.1. The third kappa shape index (κ3) is 10.6. The van der Waals surface area contributed by atoms with Crippen molar-refractivity contribution in [3.63, 3.8) is 0 Å². The van der Waals surface area contributed by atoms with Crippen LogP contribution in [0.1, 0.15) is 67.8 Å². The number of rotatable bonds is 21. The number of benzene rings is 5. The van der Waals surface area contributed by atoms with Crippen LogP contribution in [-0.2, 0) is 37.1 Å². The fourth-order valence-corrected chi connectivity index (χ4v) is 11.0. The number of amides is 3. The number of allylic oxidation sites excluding steroid dienone is 2. The van der Waals surface area contributed by atoms with E-state index in [0.29, 0.717) is 97.2 Å². The average molecular weight is 975 g/mol. The number of ether oxygens (including phenoxy) is 4. The number of carbonyl (C=O) groups excluding carboxylic acids is 3. The normalized spacial score (nSPS) is 16.2. The summed E-state index contributed by atoms with van der Waals surface area (Å²) in [5, 5.41) is 3.76. The second-order valence-corrected chi connectivity index (χ2v) is 19.6. The van der Waals surface area contributed by atoms with Crippen molar-refractivity contribution >= 4 is 81.2 Å². The van der Waals surface area contributed by atoms with Gasteiger partial charge in [-0.25, -0.2) is 0 Å². The number of anilines is 2. The van der Waals surface area contributed by atoms with E-state index < -0.39 is 0 Å². The Bertz CT molecular complexity index is 2770. The molecule has 3 amide bonds. The van der Waals surface area contributed by atoms with Gasteiger partial charge in [-0.15, -0.1) is 0 Å². The van der Waals surface area contributed by atoms with Gasteiger partial charge < -0.3 is 24.3 Å². The molecule has 13 nitrogen and oxygen atoms in total. The molecule has 2 atom stereocenters. The van der Waals surface area contributed by atoms with Gasteiger partial charge in [0.05, 0.1) is 55.4 Å². The molecule has 4 heterocycles. The fourth-order valence-electron chi connectivity index (χ4n) is 9.24. The van der Waals surface area contributed by atoms with Gasteiger partial charge in [0.15, 0.2) is 11.5 Å². The highest BCUT2D eigenvalue weighted by atomic mass is 33.1. The highest BCUT2D eigenvalue weighted by molar-refractivity contribution is 8.78. The lowest BCUT2D eigenvalue weighted by Gasteiger charge is -2.22. The van der Waals surface area contributed by atoms with Crippen molar-refractivity contribution in [3.05, 3.63) is 154 Å². The monoisotopic (exact) mass is 974 g/mol. The molecule has 358 valence electrons. The minimum Gasteiger partial charge on any atom is -0.496 e. The van der Waals surface area contributed by atoms with E-state index >= 15 is 0 Å². The summed E-state index contributed by atoms with van der Waals surface area (Å²) in [6, 6.07) is 29.0. The Morgan fingerprint density at radius 1 is 0.786 bits per heavy atom. The molecular weight excluding hydrogens is 921 g/mol. The van der Waals surface area contributed by atoms with Gasteiger partial charge in [0.1, 0.15) is 23.1 Å². The molecule has 0 fully saturated rings. The van der Waals surface area contributed by atoms with E-state index in [9.17, 15) is 14.4 Å². The number of methoxy groups -OCH3 is 2. The van der Waals surface area contributed by atoms with Gasteiger partial charge in [0.2, 0.25) is 5.91 Å². The predicted molar refractivity (Wildman–Crippen MR) is 282 cm³/mol. The van der Waals surface area contributed by atoms with Gasteiger partial charge in [0, 0.05) is 61.4 Å². The lowest BCUT2D eigenvalue weighted by atomic mass is 9.99. The molecule has 0 saturated carbocycles. The third-order valence-corrected chi connectivity index (χ3v) is 14.9. The van der Waals surface area contributed by atoms with Crippen molar-refractivity contribution in [2.24, 2.45) is 15.0 Å². The van der Waals surface area contributed by atoms with E-state index in [1.54, 1.807) is 49.3 Å². The van der Waals surface area contributed by atoms with Crippen LogP contribution in [0.5, 0.6) is 23.0 Å². The first kappa shape index (κ1) is 47.9. The van der Waals surface area contributed by atoms with E-state index in [4.69, 9.17) is 28.9 Å². The Morgan fingerprint density at radius 2 is 1.43 bits per heavy atom. The highest BCUT2D eigenvalue weighted by Gasteiger charge is 2.38.